The minimum Gasteiger partial charge on any atom is -0.497 e. The van der Waals surface area contributed by atoms with Gasteiger partial charge in [0.15, 0.2) is 0 Å². The smallest absolute Gasteiger partial charge is 0.295 e. The van der Waals surface area contributed by atoms with Gasteiger partial charge >= 0.3 is 0 Å². The standard InChI is InChI=1S/C19H20N4O3/c1-12-17(19(25)23(22(12)2)13-7-5-4-6-8-13)21-18(24)15-10-9-14(26-3)11-16(15)20/h4-11H,20H2,1-3H3,(H,21,24). The summed E-state index contributed by atoms with van der Waals surface area (Å²) in [6.07, 6.45) is 0. The van der Waals surface area contributed by atoms with E-state index in [1.165, 1.54) is 11.8 Å². The summed E-state index contributed by atoms with van der Waals surface area (Å²) in [5, 5.41) is 2.69. The van der Waals surface area contributed by atoms with Crippen LogP contribution in [-0.2, 0) is 7.05 Å². The van der Waals surface area contributed by atoms with Crippen LogP contribution < -0.4 is 21.3 Å². The van der Waals surface area contributed by atoms with Crippen LogP contribution in [-0.4, -0.2) is 22.4 Å². The Hall–Kier alpha value is -3.48. The molecule has 0 spiro atoms. The number of anilines is 2. The van der Waals surface area contributed by atoms with Crippen LogP contribution in [0.1, 0.15) is 16.1 Å². The van der Waals surface area contributed by atoms with E-state index >= 15 is 0 Å². The lowest BCUT2D eigenvalue weighted by Crippen LogP contribution is -2.23. The van der Waals surface area contributed by atoms with Crippen molar-refractivity contribution in [2.45, 2.75) is 6.92 Å². The number of methoxy groups -OCH3 is 1. The molecule has 0 unspecified atom stereocenters. The maximum atomic E-state index is 12.8. The summed E-state index contributed by atoms with van der Waals surface area (Å²) in [6, 6.07) is 14.0. The highest BCUT2D eigenvalue weighted by molar-refractivity contribution is 6.08. The molecule has 1 aromatic heterocycles. The third-order valence-electron chi connectivity index (χ3n) is 4.30. The van der Waals surface area contributed by atoms with E-state index in [0.29, 0.717) is 17.1 Å². The fraction of sp³-hybridized carbons (Fsp3) is 0.158. The molecule has 0 saturated heterocycles. The SMILES string of the molecule is COc1ccc(C(=O)Nc2c(C)n(C)n(-c3ccccc3)c2=O)c(N)c1. The highest BCUT2D eigenvalue weighted by Gasteiger charge is 2.19. The summed E-state index contributed by atoms with van der Waals surface area (Å²) in [5.41, 5.74) is 7.74. The minimum atomic E-state index is -0.448. The Labute approximate surface area is 150 Å². The van der Waals surface area contributed by atoms with Gasteiger partial charge in [0.25, 0.3) is 11.5 Å². The largest absolute Gasteiger partial charge is 0.497 e. The number of ether oxygens (including phenoxy) is 1. The van der Waals surface area contributed by atoms with Gasteiger partial charge in [-0.05, 0) is 31.2 Å². The molecule has 7 heteroatoms. The summed E-state index contributed by atoms with van der Waals surface area (Å²) in [4.78, 5) is 25.4. The van der Waals surface area contributed by atoms with Gasteiger partial charge in [-0.2, -0.15) is 0 Å². The fourth-order valence-corrected chi connectivity index (χ4v) is 2.77. The quantitative estimate of drug-likeness (QED) is 0.705. The molecule has 26 heavy (non-hydrogen) atoms. The number of nitrogens with one attached hydrogen (secondary N) is 1. The summed E-state index contributed by atoms with van der Waals surface area (Å²) in [6.45, 7) is 1.77. The Morgan fingerprint density at radius 3 is 2.46 bits per heavy atom. The zero-order chi connectivity index (χ0) is 18.8. The molecule has 0 saturated carbocycles. The van der Waals surface area contributed by atoms with Gasteiger partial charge < -0.3 is 15.8 Å². The molecule has 1 amide bonds. The van der Waals surface area contributed by atoms with Gasteiger partial charge in [-0.3, -0.25) is 14.3 Å². The third-order valence-corrected chi connectivity index (χ3v) is 4.30. The van der Waals surface area contributed by atoms with E-state index in [2.05, 4.69) is 5.32 Å². The van der Waals surface area contributed by atoms with E-state index in [4.69, 9.17) is 10.5 Å². The maximum absolute atomic E-state index is 12.8. The van der Waals surface area contributed by atoms with Crippen molar-refractivity contribution in [1.82, 2.24) is 9.36 Å². The number of aromatic nitrogens is 2. The zero-order valence-corrected chi connectivity index (χ0v) is 14.8. The van der Waals surface area contributed by atoms with Crippen LogP contribution in [0.4, 0.5) is 11.4 Å². The first-order valence-electron chi connectivity index (χ1n) is 8.03. The molecule has 7 nitrogen and oxygen atoms in total. The summed E-state index contributed by atoms with van der Waals surface area (Å²) < 4.78 is 8.29. The summed E-state index contributed by atoms with van der Waals surface area (Å²) in [5.74, 6) is 0.109. The highest BCUT2D eigenvalue weighted by atomic mass is 16.5. The van der Waals surface area contributed by atoms with Crippen molar-refractivity contribution >= 4 is 17.3 Å². The van der Waals surface area contributed by atoms with Gasteiger partial charge in [-0.15, -0.1) is 0 Å². The second-order valence-electron chi connectivity index (χ2n) is 5.84. The van der Waals surface area contributed by atoms with E-state index in [1.807, 2.05) is 30.3 Å². The van der Waals surface area contributed by atoms with Crippen molar-refractivity contribution in [3.8, 4) is 11.4 Å². The van der Waals surface area contributed by atoms with Crippen LogP contribution in [0.25, 0.3) is 5.69 Å². The average Bonchev–Trinajstić information content (AvgIpc) is 2.85. The van der Waals surface area contributed by atoms with Crippen LogP contribution >= 0.6 is 0 Å². The molecular formula is C19H20N4O3. The first-order chi connectivity index (χ1) is 12.4. The lowest BCUT2D eigenvalue weighted by molar-refractivity contribution is 0.102. The van der Waals surface area contributed by atoms with Gasteiger partial charge in [0.1, 0.15) is 11.4 Å². The van der Waals surface area contributed by atoms with E-state index < -0.39 is 5.91 Å². The molecule has 3 rings (SSSR count). The van der Waals surface area contributed by atoms with Crippen LogP contribution in [0.3, 0.4) is 0 Å². The second kappa shape index (κ2) is 6.79. The van der Waals surface area contributed by atoms with Crippen molar-refractivity contribution in [2.24, 2.45) is 7.05 Å². The van der Waals surface area contributed by atoms with Crippen molar-refractivity contribution < 1.29 is 9.53 Å². The average molecular weight is 352 g/mol. The number of nitrogens with zero attached hydrogens (tertiary/aromatic N) is 2. The van der Waals surface area contributed by atoms with Gasteiger partial charge in [-0.1, -0.05) is 18.2 Å². The fourth-order valence-electron chi connectivity index (χ4n) is 2.77. The predicted molar refractivity (Wildman–Crippen MR) is 101 cm³/mol. The Kier molecular flexibility index (Phi) is 4.53. The molecule has 0 aliphatic rings. The molecule has 0 aliphatic heterocycles. The second-order valence-corrected chi connectivity index (χ2v) is 5.84. The van der Waals surface area contributed by atoms with E-state index in [0.717, 1.165) is 0 Å². The molecule has 3 aromatic rings. The molecular weight excluding hydrogens is 332 g/mol. The highest BCUT2D eigenvalue weighted by Crippen LogP contribution is 2.21. The molecule has 2 aromatic carbocycles. The normalized spacial score (nSPS) is 10.6. The molecule has 0 radical (unpaired) electrons. The van der Waals surface area contributed by atoms with Crippen molar-refractivity contribution in [1.29, 1.82) is 0 Å². The predicted octanol–water partition coefficient (Wildman–Crippen LogP) is 2.33. The number of hydrogen-bond donors (Lipinski definition) is 2. The first kappa shape index (κ1) is 17.3. The van der Waals surface area contributed by atoms with Gasteiger partial charge in [-0.25, -0.2) is 4.68 Å². The monoisotopic (exact) mass is 352 g/mol. The van der Waals surface area contributed by atoms with Crippen molar-refractivity contribution in [2.75, 3.05) is 18.2 Å². The lowest BCUT2D eigenvalue weighted by Gasteiger charge is -2.08. The molecule has 0 atom stereocenters. The lowest BCUT2D eigenvalue weighted by atomic mass is 10.1. The number of carbonyl (C=O) groups is 1. The zero-order valence-electron chi connectivity index (χ0n) is 14.8. The topological polar surface area (TPSA) is 91.3 Å². The molecule has 1 heterocycles. The number of amides is 1. The van der Waals surface area contributed by atoms with Crippen molar-refractivity contribution in [3.63, 3.8) is 0 Å². The van der Waals surface area contributed by atoms with Crippen LogP contribution in [0, 0.1) is 6.92 Å². The Morgan fingerprint density at radius 1 is 1.15 bits per heavy atom. The van der Waals surface area contributed by atoms with Crippen LogP contribution in [0.5, 0.6) is 5.75 Å². The molecule has 0 fully saturated rings. The molecule has 3 N–H and O–H groups in total. The molecule has 0 aliphatic carbocycles. The van der Waals surface area contributed by atoms with Gasteiger partial charge in [0.05, 0.1) is 24.1 Å². The summed E-state index contributed by atoms with van der Waals surface area (Å²) >= 11 is 0. The Balaban J connectivity index is 1.99. The number of carbonyl (C=O) groups excluding carboxylic acids is 1. The van der Waals surface area contributed by atoms with Crippen LogP contribution in [0.2, 0.25) is 0 Å². The van der Waals surface area contributed by atoms with E-state index in [1.54, 1.807) is 36.9 Å². The van der Waals surface area contributed by atoms with Gasteiger partial charge in [0.2, 0.25) is 0 Å². The van der Waals surface area contributed by atoms with E-state index in [9.17, 15) is 9.59 Å². The number of nitrogen functional groups attached to an aromatic ring is 1. The van der Waals surface area contributed by atoms with Crippen molar-refractivity contribution in [3.05, 3.63) is 70.1 Å². The number of benzene rings is 2. The van der Waals surface area contributed by atoms with Crippen LogP contribution in [0.15, 0.2) is 53.3 Å². The molecule has 0 bridgehead atoms. The number of para-hydroxylation sites is 1. The molecule has 134 valence electrons. The summed E-state index contributed by atoms with van der Waals surface area (Å²) in [7, 11) is 3.29. The minimum absolute atomic E-state index is 0.219. The maximum Gasteiger partial charge on any atom is 0.295 e. The number of hydrogen-bond acceptors (Lipinski definition) is 4. The number of rotatable bonds is 4. The third kappa shape index (κ3) is 2.95. The first-order valence-corrected chi connectivity index (χ1v) is 8.03. The van der Waals surface area contributed by atoms with Gasteiger partial charge in [0, 0.05) is 18.8 Å². The Morgan fingerprint density at radius 2 is 1.85 bits per heavy atom. The van der Waals surface area contributed by atoms with E-state index in [-0.39, 0.29) is 22.5 Å². The Bertz CT molecular complexity index is 1020. The number of nitrogens with two attached hydrogens (primary N) is 1.